The average Bonchev–Trinajstić information content (AvgIpc) is 3.22. The predicted octanol–water partition coefficient (Wildman–Crippen LogP) is -2.98. The molecule has 7 amide bonds. The molecule has 0 aliphatic carbocycles. The van der Waals surface area contributed by atoms with Crippen molar-refractivity contribution >= 4 is 91.9 Å². The molecule has 19 heteroatoms. The van der Waals surface area contributed by atoms with Gasteiger partial charge in [0.2, 0.25) is 11.8 Å². The summed E-state index contributed by atoms with van der Waals surface area (Å²) in [6.07, 6.45) is 0. The molecule has 16 nitrogen and oxygen atoms in total. The average molecular weight is 556 g/mol. The minimum absolute atomic E-state index is 0. The van der Waals surface area contributed by atoms with Crippen molar-refractivity contribution in [3.63, 3.8) is 0 Å². The standard InChI is InChI=1S/C17H21N7O9S2.Na.H/c1-3-22-4-5-23(15(29)14(22)28)17(30)21-11(10-7-34-16(20-10)18-8(2)25)12(26)19-9-6-24(13(9)27)35(31,32)33;;/h7,9,11H,3-6H2,1-2H3,(H,19,26)(H,21,30)(H,18,20,25)(H,31,32,33);;. The second kappa shape index (κ2) is 11.6. The first-order valence-electron chi connectivity index (χ1n) is 10.1. The molecule has 1 aromatic heterocycles. The second-order valence-electron chi connectivity index (χ2n) is 7.39. The number of aromatic nitrogens is 1. The monoisotopic (exact) mass is 555 g/mol. The van der Waals surface area contributed by atoms with Crippen molar-refractivity contribution in [2.24, 2.45) is 0 Å². The molecule has 3 heterocycles. The number of hydrogen-bond donors (Lipinski definition) is 4. The second-order valence-corrected chi connectivity index (χ2v) is 9.59. The number of likely N-dealkylation sites (N-methyl/N-ethyl adjacent to an activating group) is 1. The number of urea groups is 1. The SMILES string of the molecule is CCN1CCN(C(=O)NC(C(=O)NC2CN(S(=O)(=O)O)C2=O)c2csc(NC(C)=O)n2)C(=O)C1=O.[NaH]. The van der Waals surface area contributed by atoms with Crippen molar-refractivity contribution in [3.05, 3.63) is 11.1 Å². The van der Waals surface area contributed by atoms with Crippen molar-refractivity contribution in [2.45, 2.75) is 25.9 Å². The molecular weight excluding hydrogens is 533 g/mol. The van der Waals surface area contributed by atoms with Gasteiger partial charge in [-0.25, -0.2) is 14.1 Å². The maximum absolute atomic E-state index is 12.9. The number of thiazole rings is 1. The Bertz CT molecular complexity index is 1200. The van der Waals surface area contributed by atoms with Crippen LogP contribution in [0.1, 0.15) is 25.6 Å². The Kier molecular flexibility index (Phi) is 9.54. The molecule has 3 rings (SSSR count). The zero-order chi connectivity index (χ0) is 26.1. The molecule has 1 aromatic rings. The molecule has 2 fully saturated rings. The van der Waals surface area contributed by atoms with Gasteiger partial charge in [0, 0.05) is 31.9 Å². The Morgan fingerprint density at radius 1 is 1.22 bits per heavy atom. The van der Waals surface area contributed by atoms with Gasteiger partial charge in [0.1, 0.15) is 6.04 Å². The number of imide groups is 1. The van der Waals surface area contributed by atoms with Crippen LogP contribution in [0.2, 0.25) is 0 Å². The van der Waals surface area contributed by atoms with Crippen LogP contribution in [0, 0.1) is 0 Å². The molecule has 2 unspecified atom stereocenters. The van der Waals surface area contributed by atoms with Crippen molar-refractivity contribution in [1.82, 2.24) is 29.7 Å². The zero-order valence-electron chi connectivity index (χ0n) is 18.4. The van der Waals surface area contributed by atoms with E-state index in [0.29, 0.717) is 4.90 Å². The van der Waals surface area contributed by atoms with Gasteiger partial charge >= 0.3 is 57.7 Å². The van der Waals surface area contributed by atoms with E-state index in [0.717, 1.165) is 11.3 Å². The van der Waals surface area contributed by atoms with Gasteiger partial charge in [-0.05, 0) is 6.92 Å². The first-order chi connectivity index (χ1) is 16.3. The Balaban J connectivity index is 0.00000456. The van der Waals surface area contributed by atoms with Gasteiger partial charge in [-0.1, -0.05) is 0 Å². The molecule has 2 aliphatic rings. The summed E-state index contributed by atoms with van der Waals surface area (Å²) in [5.41, 5.74) is -0.0611. The number of nitrogens with zero attached hydrogens (tertiary/aromatic N) is 4. The fourth-order valence-electron chi connectivity index (χ4n) is 3.24. The number of rotatable bonds is 7. The van der Waals surface area contributed by atoms with Gasteiger partial charge in [0.15, 0.2) is 11.2 Å². The number of carbonyl (C=O) groups excluding carboxylic acids is 6. The van der Waals surface area contributed by atoms with Gasteiger partial charge in [0.25, 0.3) is 5.91 Å². The van der Waals surface area contributed by atoms with Crippen LogP contribution in [-0.4, -0.2) is 129 Å². The number of amides is 7. The summed E-state index contributed by atoms with van der Waals surface area (Å²) >= 11 is 0.930. The van der Waals surface area contributed by atoms with Crippen LogP contribution in [-0.2, 0) is 34.3 Å². The molecule has 4 N–H and O–H groups in total. The molecule has 2 aliphatic heterocycles. The molecular formula is C17H22N7NaO9S2. The van der Waals surface area contributed by atoms with Crippen LogP contribution in [0.15, 0.2) is 5.38 Å². The van der Waals surface area contributed by atoms with E-state index < -0.39 is 64.5 Å². The van der Waals surface area contributed by atoms with Crippen LogP contribution in [0.4, 0.5) is 9.93 Å². The molecule has 2 saturated heterocycles. The molecule has 2 atom stereocenters. The van der Waals surface area contributed by atoms with Gasteiger partial charge in [-0.2, -0.15) is 8.42 Å². The molecule has 0 aromatic carbocycles. The van der Waals surface area contributed by atoms with Crippen molar-refractivity contribution in [2.75, 3.05) is 31.5 Å². The van der Waals surface area contributed by atoms with E-state index in [4.69, 9.17) is 4.55 Å². The number of anilines is 1. The summed E-state index contributed by atoms with van der Waals surface area (Å²) < 4.78 is 31.3. The fraction of sp³-hybridized carbons (Fsp3) is 0.471. The number of hydrogen-bond acceptors (Lipinski definition) is 10. The summed E-state index contributed by atoms with van der Waals surface area (Å²) in [4.78, 5) is 79.4. The van der Waals surface area contributed by atoms with E-state index in [1.165, 1.54) is 17.2 Å². The Morgan fingerprint density at radius 3 is 2.44 bits per heavy atom. The third-order valence-electron chi connectivity index (χ3n) is 5.05. The molecule has 0 radical (unpaired) electrons. The summed E-state index contributed by atoms with van der Waals surface area (Å²) in [6.45, 7) is 2.60. The van der Waals surface area contributed by atoms with E-state index >= 15 is 0 Å². The van der Waals surface area contributed by atoms with E-state index in [2.05, 4.69) is 20.9 Å². The van der Waals surface area contributed by atoms with E-state index in [-0.39, 0.29) is 64.3 Å². The summed E-state index contributed by atoms with van der Waals surface area (Å²) in [6, 6.07) is -3.97. The summed E-state index contributed by atoms with van der Waals surface area (Å²) in [5.74, 6) is -4.51. The molecule has 0 spiro atoms. The van der Waals surface area contributed by atoms with Gasteiger partial charge in [-0.15, -0.1) is 11.3 Å². The van der Waals surface area contributed by atoms with Gasteiger partial charge < -0.3 is 20.9 Å². The van der Waals surface area contributed by atoms with Crippen LogP contribution < -0.4 is 16.0 Å². The van der Waals surface area contributed by atoms with Crippen LogP contribution in [0.25, 0.3) is 0 Å². The Morgan fingerprint density at radius 2 is 1.89 bits per heavy atom. The summed E-state index contributed by atoms with van der Waals surface area (Å²) in [7, 11) is -4.78. The van der Waals surface area contributed by atoms with Gasteiger partial charge in [0.05, 0.1) is 12.2 Å². The predicted molar refractivity (Wildman–Crippen MR) is 124 cm³/mol. The normalized spacial score (nSPS) is 18.7. The van der Waals surface area contributed by atoms with Crippen molar-refractivity contribution in [1.29, 1.82) is 0 Å². The zero-order valence-corrected chi connectivity index (χ0v) is 20.0. The molecule has 0 saturated carbocycles. The number of carbonyl (C=O) groups is 6. The van der Waals surface area contributed by atoms with E-state index in [1.54, 1.807) is 6.92 Å². The third-order valence-corrected chi connectivity index (χ3v) is 6.72. The molecule has 0 bridgehead atoms. The number of β-lactam (4-membered cyclic amide) rings is 1. The van der Waals surface area contributed by atoms with Crippen molar-refractivity contribution < 1.29 is 41.7 Å². The van der Waals surface area contributed by atoms with Crippen molar-refractivity contribution in [3.8, 4) is 0 Å². The Hall–Kier alpha value is -2.64. The van der Waals surface area contributed by atoms with Crippen LogP contribution >= 0.6 is 11.3 Å². The first-order valence-corrected chi connectivity index (χ1v) is 12.3. The first kappa shape index (κ1) is 29.6. The summed E-state index contributed by atoms with van der Waals surface area (Å²) in [5, 5.41) is 8.37. The number of piperazine rings is 1. The van der Waals surface area contributed by atoms with E-state index in [9.17, 15) is 37.2 Å². The van der Waals surface area contributed by atoms with Crippen LogP contribution in [0.3, 0.4) is 0 Å². The van der Waals surface area contributed by atoms with E-state index in [1.807, 2.05) is 0 Å². The van der Waals surface area contributed by atoms with Crippen LogP contribution in [0.5, 0.6) is 0 Å². The topological polar surface area (TPSA) is 215 Å². The third kappa shape index (κ3) is 6.37. The Labute approximate surface area is 230 Å². The quantitative estimate of drug-likeness (QED) is 0.116. The maximum atomic E-state index is 12.9. The minimum atomic E-state index is -4.78. The number of nitrogens with one attached hydrogen (secondary N) is 3. The molecule has 36 heavy (non-hydrogen) atoms. The fourth-order valence-corrected chi connectivity index (χ4v) is 4.71. The van der Waals surface area contributed by atoms with Gasteiger partial charge in [-0.3, -0.25) is 33.4 Å². The molecule has 192 valence electrons.